The molecule has 2 heterocycles. The quantitative estimate of drug-likeness (QED) is 0.831. The molecule has 1 saturated carbocycles. The molecule has 3 heteroatoms. The maximum atomic E-state index is 6.13. The molecule has 1 aliphatic carbocycles. The summed E-state index contributed by atoms with van der Waals surface area (Å²) in [7, 11) is 2.13. The van der Waals surface area contributed by atoms with Crippen LogP contribution in [0.5, 0.6) is 0 Å². The second kappa shape index (κ2) is 3.77. The molecule has 0 spiro atoms. The van der Waals surface area contributed by atoms with E-state index in [1.807, 2.05) is 12.3 Å². The van der Waals surface area contributed by atoms with E-state index in [9.17, 15) is 0 Å². The first kappa shape index (κ1) is 10.7. The topological polar surface area (TPSA) is 46.7 Å². The van der Waals surface area contributed by atoms with Crippen LogP contribution in [-0.4, -0.2) is 15.1 Å². The van der Waals surface area contributed by atoms with Gasteiger partial charge in [0.25, 0.3) is 0 Å². The molecular formula is C14H19N3. The van der Waals surface area contributed by atoms with Gasteiger partial charge in [-0.2, -0.15) is 0 Å². The third kappa shape index (κ3) is 2.03. The van der Waals surface area contributed by atoms with Gasteiger partial charge in [0.05, 0.1) is 11.4 Å². The average Bonchev–Trinajstić information content (AvgIpc) is 2.76. The molecule has 0 bridgehead atoms. The average molecular weight is 229 g/mol. The standard InChI is InChI=1S/C14H19N3/c1-17-11(6-7-14(15)8-9-14)4-5-13(17)12-3-2-10-16-12/h2-5,10,16H,6-9,15H2,1H3. The maximum absolute atomic E-state index is 6.13. The zero-order valence-corrected chi connectivity index (χ0v) is 10.2. The molecule has 0 aromatic carbocycles. The van der Waals surface area contributed by atoms with Crippen LogP contribution >= 0.6 is 0 Å². The van der Waals surface area contributed by atoms with E-state index < -0.39 is 0 Å². The van der Waals surface area contributed by atoms with Gasteiger partial charge in [0.15, 0.2) is 0 Å². The summed E-state index contributed by atoms with van der Waals surface area (Å²) in [6, 6.07) is 8.52. The van der Waals surface area contributed by atoms with Crippen molar-refractivity contribution in [2.45, 2.75) is 31.2 Å². The number of aryl methyl sites for hydroxylation is 1. The third-order valence-electron chi connectivity index (χ3n) is 3.87. The number of rotatable bonds is 4. The fourth-order valence-electron chi connectivity index (χ4n) is 2.35. The van der Waals surface area contributed by atoms with Crippen LogP contribution < -0.4 is 5.73 Å². The van der Waals surface area contributed by atoms with Crippen LogP contribution in [0.25, 0.3) is 11.4 Å². The first-order valence-electron chi connectivity index (χ1n) is 6.25. The molecule has 2 aromatic heterocycles. The molecule has 2 aromatic rings. The van der Waals surface area contributed by atoms with Crippen LogP contribution in [0.3, 0.4) is 0 Å². The molecule has 0 aliphatic heterocycles. The molecule has 90 valence electrons. The Balaban J connectivity index is 1.78. The van der Waals surface area contributed by atoms with Crippen molar-refractivity contribution in [2.75, 3.05) is 0 Å². The van der Waals surface area contributed by atoms with E-state index in [0.717, 1.165) is 12.8 Å². The van der Waals surface area contributed by atoms with Crippen molar-refractivity contribution in [2.24, 2.45) is 12.8 Å². The fourth-order valence-corrected chi connectivity index (χ4v) is 2.35. The lowest BCUT2D eigenvalue weighted by Gasteiger charge is -2.10. The Morgan fingerprint density at radius 2 is 2.18 bits per heavy atom. The first-order chi connectivity index (χ1) is 8.18. The molecule has 3 rings (SSSR count). The van der Waals surface area contributed by atoms with E-state index in [1.54, 1.807) is 0 Å². The number of aromatic nitrogens is 2. The zero-order chi connectivity index (χ0) is 11.9. The summed E-state index contributed by atoms with van der Waals surface area (Å²) in [4.78, 5) is 3.25. The fraction of sp³-hybridized carbons (Fsp3) is 0.429. The minimum Gasteiger partial charge on any atom is -0.360 e. The third-order valence-corrected chi connectivity index (χ3v) is 3.87. The predicted octanol–water partition coefficient (Wildman–Crippen LogP) is 2.44. The number of hydrogen-bond donors (Lipinski definition) is 2. The molecular weight excluding hydrogens is 210 g/mol. The highest BCUT2D eigenvalue weighted by atomic mass is 15.0. The van der Waals surface area contributed by atoms with Crippen LogP contribution in [-0.2, 0) is 13.5 Å². The SMILES string of the molecule is Cn1c(CCC2(N)CC2)ccc1-c1ccc[nH]1. The Labute approximate surface area is 102 Å². The minimum absolute atomic E-state index is 0.150. The molecule has 1 aliphatic rings. The van der Waals surface area contributed by atoms with E-state index in [0.29, 0.717) is 0 Å². The zero-order valence-electron chi connectivity index (χ0n) is 10.2. The molecule has 3 nitrogen and oxygen atoms in total. The monoisotopic (exact) mass is 229 g/mol. The summed E-state index contributed by atoms with van der Waals surface area (Å²) in [6.07, 6.45) is 6.53. The van der Waals surface area contributed by atoms with Crippen LogP contribution in [0.15, 0.2) is 30.5 Å². The number of nitrogens with two attached hydrogens (primary N) is 1. The van der Waals surface area contributed by atoms with Crippen molar-refractivity contribution < 1.29 is 0 Å². The summed E-state index contributed by atoms with van der Waals surface area (Å²) < 4.78 is 2.26. The number of aromatic amines is 1. The van der Waals surface area contributed by atoms with Gasteiger partial charge < -0.3 is 15.3 Å². The summed E-state index contributed by atoms with van der Waals surface area (Å²) in [5.41, 5.74) is 10.1. The Hall–Kier alpha value is -1.48. The van der Waals surface area contributed by atoms with E-state index in [1.165, 1.54) is 29.9 Å². The number of H-pyrrole nitrogens is 1. The highest BCUT2D eigenvalue weighted by molar-refractivity contribution is 5.56. The highest BCUT2D eigenvalue weighted by Crippen LogP contribution is 2.36. The first-order valence-corrected chi connectivity index (χ1v) is 6.25. The lowest BCUT2D eigenvalue weighted by molar-refractivity contribution is 0.594. The van der Waals surface area contributed by atoms with Crippen LogP contribution in [0.4, 0.5) is 0 Å². The lowest BCUT2D eigenvalue weighted by Crippen LogP contribution is -2.22. The summed E-state index contributed by atoms with van der Waals surface area (Å²) in [5.74, 6) is 0. The highest BCUT2D eigenvalue weighted by Gasteiger charge is 2.37. The van der Waals surface area contributed by atoms with E-state index in [-0.39, 0.29) is 5.54 Å². The van der Waals surface area contributed by atoms with Crippen LogP contribution in [0.1, 0.15) is 25.0 Å². The van der Waals surface area contributed by atoms with Crippen LogP contribution in [0.2, 0.25) is 0 Å². The Morgan fingerprint density at radius 3 is 2.82 bits per heavy atom. The van der Waals surface area contributed by atoms with Gasteiger partial charge in [-0.3, -0.25) is 0 Å². The Bertz CT molecular complexity index is 504. The van der Waals surface area contributed by atoms with Crippen molar-refractivity contribution in [1.82, 2.24) is 9.55 Å². The molecule has 17 heavy (non-hydrogen) atoms. The molecule has 1 fully saturated rings. The summed E-state index contributed by atoms with van der Waals surface area (Å²) >= 11 is 0. The van der Waals surface area contributed by atoms with E-state index in [2.05, 4.69) is 34.8 Å². The molecule has 0 radical (unpaired) electrons. The Kier molecular flexibility index (Phi) is 2.37. The number of hydrogen-bond acceptors (Lipinski definition) is 1. The van der Waals surface area contributed by atoms with E-state index in [4.69, 9.17) is 5.73 Å². The molecule has 0 unspecified atom stereocenters. The van der Waals surface area contributed by atoms with Crippen molar-refractivity contribution in [3.05, 3.63) is 36.2 Å². The van der Waals surface area contributed by atoms with Gasteiger partial charge in [-0.1, -0.05) is 0 Å². The number of nitrogens with one attached hydrogen (secondary N) is 1. The van der Waals surface area contributed by atoms with Gasteiger partial charge in [-0.15, -0.1) is 0 Å². The summed E-state index contributed by atoms with van der Waals surface area (Å²) in [5, 5.41) is 0. The van der Waals surface area contributed by atoms with Gasteiger partial charge in [-0.25, -0.2) is 0 Å². The Morgan fingerprint density at radius 1 is 1.35 bits per heavy atom. The lowest BCUT2D eigenvalue weighted by atomic mass is 10.1. The van der Waals surface area contributed by atoms with Crippen molar-refractivity contribution >= 4 is 0 Å². The smallest absolute Gasteiger partial charge is 0.0645 e. The molecule has 0 atom stereocenters. The maximum Gasteiger partial charge on any atom is 0.0645 e. The van der Waals surface area contributed by atoms with Gasteiger partial charge in [0, 0.05) is 24.5 Å². The predicted molar refractivity (Wildman–Crippen MR) is 69.7 cm³/mol. The molecule has 0 saturated heterocycles. The summed E-state index contributed by atoms with van der Waals surface area (Å²) in [6.45, 7) is 0. The van der Waals surface area contributed by atoms with Gasteiger partial charge in [-0.05, 0) is 49.9 Å². The van der Waals surface area contributed by atoms with Crippen molar-refractivity contribution in [3.63, 3.8) is 0 Å². The minimum atomic E-state index is 0.150. The second-order valence-corrected chi connectivity index (χ2v) is 5.22. The van der Waals surface area contributed by atoms with Crippen molar-refractivity contribution in [3.8, 4) is 11.4 Å². The van der Waals surface area contributed by atoms with Gasteiger partial charge in [0.1, 0.15) is 0 Å². The van der Waals surface area contributed by atoms with Crippen molar-refractivity contribution in [1.29, 1.82) is 0 Å². The van der Waals surface area contributed by atoms with Gasteiger partial charge >= 0.3 is 0 Å². The normalized spacial score (nSPS) is 17.3. The largest absolute Gasteiger partial charge is 0.360 e. The molecule has 3 N–H and O–H groups in total. The van der Waals surface area contributed by atoms with E-state index >= 15 is 0 Å². The number of nitrogens with zero attached hydrogens (tertiary/aromatic N) is 1. The van der Waals surface area contributed by atoms with Crippen LogP contribution in [0, 0.1) is 0 Å². The van der Waals surface area contributed by atoms with Gasteiger partial charge in [0.2, 0.25) is 0 Å². The second-order valence-electron chi connectivity index (χ2n) is 5.22. The molecule has 0 amide bonds.